The number of aromatic carboxylic acids is 1. The van der Waals surface area contributed by atoms with Gasteiger partial charge in [-0.2, -0.15) is 0 Å². The van der Waals surface area contributed by atoms with E-state index in [1.807, 2.05) is 37.3 Å². The molecule has 3 aromatic rings. The van der Waals surface area contributed by atoms with Crippen molar-refractivity contribution in [1.29, 1.82) is 0 Å². The normalized spacial score (nSPS) is 11.3. The molecule has 0 saturated heterocycles. The number of carboxylic acids is 1. The smallest absolute Gasteiger partial charge is 0.336 e. The van der Waals surface area contributed by atoms with Gasteiger partial charge in [-0.05, 0) is 42.8 Å². The predicted octanol–water partition coefficient (Wildman–Crippen LogP) is 4.13. The van der Waals surface area contributed by atoms with Crippen LogP contribution in [0.2, 0.25) is 0 Å². The molecule has 29 heavy (non-hydrogen) atoms. The Morgan fingerprint density at radius 3 is 2.14 bits per heavy atom. The van der Waals surface area contributed by atoms with E-state index < -0.39 is 11.9 Å². The number of carboxylic acid groups (broad SMARTS) is 1. The van der Waals surface area contributed by atoms with Crippen LogP contribution in [0.5, 0.6) is 0 Å². The van der Waals surface area contributed by atoms with E-state index in [1.165, 1.54) is 12.1 Å². The summed E-state index contributed by atoms with van der Waals surface area (Å²) in [5, 5.41) is 14.8. The summed E-state index contributed by atoms with van der Waals surface area (Å²) in [7, 11) is 0. The molecule has 0 bridgehead atoms. The summed E-state index contributed by atoms with van der Waals surface area (Å²) in [6.45, 7) is 1.89. The molecule has 1 unspecified atom stereocenters. The second-order valence-corrected chi connectivity index (χ2v) is 6.49. The number of nitrogens with one attached hydrogen (secondary N) is 2. The van der Waals surface area contributed by atoms with Gasteiger partial charge in [-0.1, -0.05) is 48.5 Å². The van der Waals surface area contributed by atoms with Gasteiger partial charge in [0.15, 0.2) is 0 Å². The predicted molar refractivity (Wildman–Crippen MR) is 110 cm³/mol. The molecular weight excluding hydrogens is 368 g/mol. The SMILES string of the molecule is CC(NC(=O)c1cccc(NC(=O)c2ccccc2C(=O)O)c1)c1ccccc1. The van der Waals surface area contributed by atoms with Crippen LogP contribution in [0, 0.1) is 0 Å². The lowest BCUT2D eigenvalue weighted by molar-refractivity contribution is 0.0692. The molecular formula is C23H20N2O4. The van der Waals surface area contributed by atoms with E-state index >= 15 is 0 Å². The summed E-state index contributed by atoms with van der Waals surface area (Å²) in [4.78, 5) is 36.4. The highest BCUT2D eigenvalue weighted by Gasteiger charge is 2.17. The molecule has 0 radical (unpaired) electrons. The highest BCUT2D eigenvalue weighted by molar-refractivity contribution is 6.11. The van der Waals surface area contributed by atoms with Gasteiger partial charge in [0.25, 0.3) is 11.8 Å². The average molecular weight is 388 g/mol. The number of carbonyl (C=O) groups is 3. The zero-order valence-corrected chi connectivity index (χ0v) is 15.8. The van der Waals surface area contributed by atoms with Gasteiger partial charge in [-0.25, -0.2) is 4.79 Å². The van der Waals surface area contributed by atoms with Crippen LogP contribution in [0.3, 0.4) is 0 Å². The Morgan fingerprint density at radius 2 is 1.45 bits per heavy atom. The minimum Gasteiger partial charge on any atom is -0.478 e. The molecule has 146 valence electrons. The number of anilines is 1. The Balaban J connectivity index is 1.73. The average Bonchev–Trinajstić information content (AvgIpc) is 2.74. The van der Waals surface area contributed by atoms with Gasteiger partial charge in [-0.15, -0.1) is 0 Å². The molecule has 3 aromatic carbocycles. The summed E-state index contributed by atoms with van der Waals surface area (Å²) in [6, 6.07) is 21.9. The summed E-state index contributed by atoms with van der Waals surface area (Å²) < 4.78 is 0. The van der Waals surface area contributed by atoms with Crippen molar-refractivity contribution in [3.63, 3.8) is 0 Å². The number of rotatable bonds is 6. The Hall–Kier alpha value is -3.93. The first-order valence-electron chi connectivity index (χ1n) is 9.05. The van der Waals surface area contributed by atoms with Crippen LogP contribution < -0.4 is 10.6 Å². The van der Waals surface area contributed by atoms with E-state index in [0.717, 1.165) is 5.56 Å². The molecule has 0 aromatic heterocycles. The maximum absolute atomic E-state index is 12.6. The van der Waals surface area contributed by atoms with Gasteiger partial charge >= 0.3 is 5.97 Å². The minimum absolute atomic E-state index is 0.0487. The fourth-order valence-corrected chi connectivity index (χ4v) is 2.91. The molecule has 3 rings (SSSR count). The lowest BCUT2D eigenvalue weighted by atomic mass is 10.1. The lowest BCUT2D eigenvalue weighted by Crippen LogP contribution is -2.26. The van der Waals surface area contributed by atoms with Gasteiger partial charge in [0.05, 0.1) is 17.2 Å². The molecule has 1 atom stereocenters. The van der Waals surface area contributed by atoms with Gasteiger partial charge in [0.2, 0.25) is 0 Å². The maximum atomic E-state index is 12.6. The molecule has 0 saturated carbocycles. The van der Waals surface area contributed by atoms with Crippen molar-refractivity contribution < 1.29 is 19.5 Å². The van der Waals surface area contributed by atoms with Crippen molar-refractivity contribution in [2.75, 3.05) is 5.32 Å². The number of benzene rings is 3. The second kappa shape index (κ2) is 8.84. The van der Waals surface area contributed by atoms with Gasteiger partial charge < -0.3 is 15.7 Å². The molecule has 0 aliphatic heterocycles. The van der Waals surface area contributed by atoms with Gasteiger partial charge in [-0.3, -0.25) is 9.59 Å². The van der Waals surface area contributed by atoms with Crippen LogP contribution in [-0.2, 0) is 0 Å². The molecule has 6 nitrogen and oxygen atoms in total. The van der Waals surface area contributed by atoms with E-state index in [9.17, 15) is 19.5 Å². The molecule has 0 spiro atoms. The second-order valence-electron chi connectivity index (χ2n) is 6.49. The Morgan fingerprint density at radius 1 is 0.793 bits per heavy atom. The summed E-state index contributed by atoms with van der Waals surface area (Å²) in [5.74, 6) is -2.01. The first-order valence-corrected chi connectivity index (χ1v) is 9.05. The summed E-state index contributed by atoms with van der Waals surface area (Å²) >= 11 is 0. The third-order valence-corrected chi connectivity index (χ3v) is 4.43. The largest absolute Gasteiger partial charge is 0.478 e. The number of amides is 2. The zero-order valence-electron chi connectivity index (χ0n) is 15.8. The topological polar surface area (TPSA) is 95.5 Å². The fourth-order valence-electron chi connectivity index (χ4n) is 2.91. The molecule has 6 heteroatoms. The van der Waals surface area contributed by atoms with Crippen molar-refractivity contribution in [2.45, 2.75) is 13.0 Å². The summed E-state index contributed by atoms with van der Waals surface area (Å²) in [5.41, 5.74) is 1.73. The van der Waals surface area contributed by atoms with Crippen LogP contribution in [0.25, 0.3) is 0 Å². The Labute approximate surface area is 168 Å². The van der Waals surface area contributed by atoms with E-state index in [1.54, 1.807) is 36.4 Å². The van der Waals surface area contributed by atoms with E-state index in [4.69, 9.17) is 0 Å². The summed E-state index contributed by atoms with van der Waals surface area (Å²) in [6.07, 6.45) is 0. The monoisotopic (exact) mass is 388 g/mol. The first-order chi connectivity index (χ1) is 14.0. The Bertz CT molecular complexity index is 1050. The zero-order chi connectivity index (χ0) is 20.8. The van der Waals surface area contributed by atoms with Crippen LogP contribution in [0.15, 0.2) is 78.9 Å². The molecule has 0 aliphatic carbocycles. The number of carbonyl (C=O) groups excluding carboxylic acids is 2. The number of hydrogen-bond acceptors (Lipinski definition) is 3. The molecule has 0 fully saturated rings. The number of hydrogen-bond donors (Lipinski definition) is 3. The van der Waals surface area contributed by atoms with Crippen LogP contribution in [0.1, 0.15) is 49.6 Å². The first kappa shape index (κ1) is 19.8. The third kappa shape index (κ3) is 4.87. The third-order valence-electron chi connectivity index (χ3n) is 4.43. The van der Waals surface area contributed by atoms with E-state index in [2.05, 4.69) is 10.6 Å². The van der Waals surface area contributed by atoms with Crippen molar-refractivity contribution in [3.05, 3.63) is 101 Å². The van der Waals surface area contributed by atoms with Crippen molar-refractivity contribution in [1.82, 2.24) is 5.32 Å². The van der Waals surface area contributed by atoms with Gasteiger partial charge in [0, 0.05) is 11.3 Å². The van der Waals surface area contributed by atoms with Crippen molar-refractivity contribution in [3.8, 4) is 0 Å². The highest BCUT2D eigenvalue weighted by Crippen LogP contribution is 2.17. The van der Waals surface area contributed by atoms with Crippen LogP contribution in [0.4, 0.5) is 5.69 Å². The van der Waals surface area contributed by atoms with E-state index in [0.29, 0.717) is 11.3 Å². The minimum atomic E-state index is -1.18. The molecule has 3 N–H and O–H groups in total. The van der Waals surface area contributed by atoms with Crippen LogP contribution in [-0.4, -0.2) is 22.9 Å². The Kier molecular flexibility index (Phi) is 6.04. The maximum Gasteiger partial charge on any atom is 0.336 e. The van der Waals surface area contributed by atoms with Crippen molar-refractivity contribution >= 4 is 23.5 Å². The van der Waals surface area contributed by atoms with Crippen molar-refractivity contribution in [2.24, 2.45) is 0 Å². The fraction of sp³-hybridized carbons (Fsp3) is 0.0870. The molecule has 0 heterocycles. The van der Waals surface area contributed by atoms with Gasteiger partial charge in [0.1, 0.15) is 0 Å². The molecule has 2 amide bonds. The lowest BCUT2D eigenvalue weighted by Gasteiger charge is -2.15. The van der Waals surface area contributed by atoms with E-state index in [-0.39, 0.29) is 23.1 Å². The molecule has 0 aliphatic rings. The highest BCUT2D eigenvalue weighted by atomic mass is 16.4. The standard InChI is InChI=1S/C23H20N2O4/c1-15(16-8-3-2-4-9-16)24-21(26)17-10-7-11-18(14-17)25-22(27)19-12-5-6-13-20(19)23(28)29/h2-15H,1H3,(H,24,26)(H,25,27)(H,28,29). The quantitative estimate of drug-likeness (QED) is 0.592. The van der Waals surface area contributed by atoms with Crippen LogP contribution >= 0.6 is 0 Å².